The summed E-state index contributed by atoms with van der Waals surface area (Å²) >= 11 is 0. The minimum absolute atomic E-state index is 0.279. The molecule has 0 radical (unpaired) electrons. The van der Waals surface area contributed by atoms with Gasteiger partial charge >= 0.3 is 5.97 Å². The average molecular weight is 347 g/mol. The molecule has 0 spiro atoms. The second-order valence-corrected chi connectivity index (χ2v) is 7.58. The first kappa shape index (κ1) is 16.9. The number of carbonyl (C=O) groups excluding carboxylic acids is 1. The van der Waals surface area contributed by atoms with Gasteiger partial charge in [-0.1, -0.05) is 29.8 Å². The number of benzene rings is 2. The van der Waals surface area contributed by atoms with E-state index in [2.05, 4.69) is 50.4 Å². The lowest BCUT2D eigenvalue weighted by Crippen LogP contribution is -2.30. The van der Waals surface area contributed by atoms with E-state index in [0.29, 0.717) is 17.4 Å². The highest BCUT2D eigenvalue weighted by Gasteiger charge is 2.39. The van der Waals surface area contributed by atoms with Crippen molar-refractivity contribution in [3.63, 3.8) is 0 Å². The van der Waals surface area contributed by atoms with Crippen molar-refractivity contribution in [1.82, 2.24) is 0 Å². The van der Waals surface area contributed by atoms with E-state index in [4.69, 9.17) is 4.74 Å². The van der Waals surface area contributed by atoms with Crippen molar-refractivity contribution in [2.24, 2.45) is 5.92 Å². The lowest BCUT2D eigenvalue weighted by Gasteiger charge is -2.39. The van der Waals surface area contributed by atoms with E-state index in [-0.39, 0.29) is 12.0 Å². The van der Waals surface area contributed by atoms with Crippen molar-refractivity contribution >= 4 is 11.7 Å². The molecule has 134 valence electrons. The van der Waals surface area contributed by atoms with E-state index in [0.717, 1.165) is 12.1 Å². The van der Waals surface area contributed by atoms with Crippen LogP contribution in [-0.2, 0) is 4.74 Å². The molecule has 2 aromatic rings. The van der Waals surface area contributed by atoms with Gasteiger partial charge in [0.2, 0.25) is 0 Å². The molecule has 3 atom stereocenters. The highest BCUT2D eigenvalue weighted by atomic mass is 16.5. The molecule has 0 aromatic heterocycles. The van der Waals surface area contributed by atoms with Gasteiger partial charge in [-0.05, 0) is 73.6 Å². The molecular formula is C23H25NO2. The summed E-state index contributed by atoms with van der Waals surface area (Å²) in [6.07, 6.45) is 5.64. The maximum absolute atomic E-state index is 11.9. The summed E-state index contributed by atoms with van der Waals surface area (Å²) in [6.45, 7) is 6.58. The van der Waals surface area contributed by atoms with Gasteiger partial charge in [-0.3, -0.25) is 0 Å². The number of hydrogen-bond acceptors (Lipinski definition) is 3. The number of aryl methyl sites for hydroxylation is 3. The van der Waals surface area contributed by atoms with Gasteiger partial charge in [0.25, 0.3) is 0 Å². The molecule has 26 heavy (non-hydrogen) atoms. The molecule has 4 rings (SSSR count). The fourth-order valence-electron chi connectivity index (χ4n) is 4.81. The Morgan fingerprint density at radius 2 is 1.85 bits per heavy atom. The number of carbonyl (C=O) groups is 1. The normalized spacial score (nSPS) is 23.2. The van der Waals surface area contributed by atoms with Gasteiger partial charge in [0.15, 0.2) is 0 Å². The Morgan fingerprint density at radius 3 is 2.54 bits per heavy atom. The van der Waals surface area contributed by atoms with Crippen molar-refractivity contribution in [1.29, 1.82) is 0 Å². The molecule has 0 fully saturated rings. The largest absolute Gasteiger partial charge is 0.465 e. The molecule has 1 N–H and O–H groups in total. The number of nitrogens with one attached hydrogen (secondary N) is 1. The van der Waals surface area contributed by atoms with E-state index in [1.54, 1.807) is 0 Å². The van der Waals surface area contributed by atoms with Gasteiger partial charge in [0.05, 0.1) is 18.7 Å². The fraction of sp³-hybridized carbons (Fsp3) is 0.348. The maximum Gasteiger partial charge on any atom is 0.337 e. The number of methoxy groups -OCH3 is 1. The van der Waals surface area contributed by atoms with E-state index >= 15 is 0 Å². The molecule has 2 aliphatic rings. The first-order valence-corrected chi connectivity index (χ1v) is 9.23. The zero-order valence-corrected chi connectivity index (χ0v) is 15.8. The topological polar surface area (TPSA) is 38.3 Å². The van der Waals surface area contributed by atoms with Crippen LogP contribution in [0.2, 0.25) is 0 Å². The van der Waals surface area contributed by atoms with E-state index < -0.39 is 0 Å². The van der Waals surface area contributed by atoms with Gasteiger partial charge in [-0.15, -0.1) is 0 Å². The number of fused-ring (bicyclic) bond motifs is 3. The molecule has 0 bridgehead atoms. The Bertz CT molecular complexity index is 889. The number of anilines is 1. The number of allylic oxidation sites excluding steroid dienone is 2. The van der Waals surface area contributed by atoms with Crippen molar-refractivity contribution < 1.29 is 9.53 Å². The van der Waals surface area contributed by atoms with Crippen LogP contribution in [0.3, 0.4) is 0 Å². The molecule has 0 saturated heterocycles. The Hall–Kier alpha value is -2.55. The van der Waals surface area contributed by atoms with Crippen LogP contribution in [0, 0.1) is 26.7 Å². The maximum atomic E-state index is 11.9. The number of hydrogen-bond donors (Lipinski definition) is 1. The zero-order chi connectivity index (χ0) is 18.4. The van der Waals surface area contributed by atoms with E-state index in [1.165, 1.54) is 34.9 Å². The lowest BCUT2D eigenvalue weighted by molar-refractivity contribution is 0.0600. The average Bonchev–Trinajstić information content (AvgIpc) is 3.10. The molecular weight excluding hydrogens is 322 g/mol. The van der Waals surface area contributed by atoms with Crippen LogP contribution in [0.5, 0.6) is 0 Å². The number of ether oxygens (including phenoxy) is 1. The Morgan fingerprint density at radius 1 is 1.12 bits per heavy atom. The quantitative estimate of drug-likeness (QED) is 0.597. The summed E-state index contributed by atoms with van der Waals surface area (Å²) in [6, 6.07) is 10.7. The van der Waals surface area contributed by atoms with E-state index in [9.17, 15) is 4.79 Å². The summed E-state index contributed by atoms with van der Waals surface area (Å²) < 4.78 is 4.89. The molecule has 2 aromatic carbocycles. The van der Waals surface area contributed by atoms with Crippen LogP contribution >= 0.6 is 0 Å². The van der Waals surface area contributed by atoms with Crippen LogP contribution in [0.4, 0.5) is 5.69 Å². The van der Waals surface area contributed by atoms with Gasteiger partial charge in [0, 0.05) is 11.6 Å². The zero-order valence-electron chi connectivity index (χ0n) is 15.8. The highest BCUT2D eigenvalue weighted by molar-refractivity contribution is 5.90. The first-order valence-electron chi connectivity index (χ1n) is 9.23. The third kappa shape index (κ3) is 2.63. The Kier molecular flexibility index (Phi) is 4.10. The molecule has 0 amide bonds. The van der Waals surface area contributed by atoms with Crippen LogP contribution in [0.15, 0.2) is 42.5 Å². The third-order valence-corrected chi connectivity index (χ3v) is 5.83. The van der Waals surface area contributed by atoms with Gasteiger partial charge in [0.1, 0.15) is 0 Å². The van der Waals surface area contributed by atoms with Gasteiger partial charge in [-0.2, -0.15) is 0 Å². The monoisotopic (exact) mass is 347 g/mol. The minimum atomic E-state index is -0.279. The summed E-state index contributed by atoms with van der Waals surface area (Å²) in [5.41, 5.74) is 8.36. The smallest absolute Gasteiger partial charge is 0.337 e. The third-order valence-electron chi connectivity index (χ3n) is 5.83. The van der Waals surface area contributed by atoms with Crippen molar-refractivity contribution in [2.75, 3.05) is 12.4 Å². The lowest BCUT2D eigenvalue weighted by atomic mass is 9.75. The van der Waals surface area contributed by atoms with Crippen molar-refractivity contribution in [2.45, 2.75) is 39.2 Å². The van der Waals surface area contributed by atoms with Crippen molar-refractivity contribution in [3.05, 3.63) is 75.9 Å². The summed E-state index contributed by atoms with van der Waals surface area (Å²) in [4.78, 5) is 11.9. The molecule has 0 saturated carbocycles. The van der Waals surface area contributed by atoms with Gasteiger partial charge in [-0.25, -0.2) is 4.79 Å². The minimum Gasteiger partial charge on any atom is -0.465 e. The predicted molar refractivity (Wildman–Crippen MR) is 105 cm³/mol. The molecule has 1 aliphatic heterocycles. The molecule has 3 unspecified atom stereocenters. The van der Waals surface area contributed by atoms with Crippen LogP contribution in [0.25, 0.3) is 0 Å². The standard InChI is InChI=1S/C23H25NO2/c1-13-10-14(2)21(15(3)11-13)22-18-7-5-6-17(18)19-12-16(23(25)26-4)8-9-20(19)24-22/h5-6,8-12,17-18,22,24H,7H2,1-4H3. The van der Waals surface area contributed by atoms with Crippen molar-refractivity contribution in [3.8, 4) is 0 Å². The summed E-state index contributed by atoms with van der Waals surface area (Å²) in [5.74, 6) is 0.523. The highest BCUT2D eigenvalue weighted by Crippen LogP contribution is 2.51. The molecule has 1 aliphatic carbocycles. The fourth-order valence-corrected chi connectivity index (χ4v) is 4.81. The number of esters is 1. The number of rotatable bonds is 2. The Labute approximate surface area is 155 Å². The predicted octanol–water partition coefficient (Wildman–Crippen LogP) is 5.22. The van der Waals surface area contributed by atoms with E-state index in [1.807, 2.05) is 18.2 Å². The van der Waals surface area contributed by atoms with Crippen LogP contribution in [0.1, 0.15) is 56.6 Å². The second-order valence-electron chi connectivity index (χ2n) is 7.58. The SMILES string of the molecule is COC(=O)c1ccc2c(c1)C1C=CCC1C(c1c(C)cc(C)cc1C)N2. The van der Waals surface area contributed by atoms with Gasteiger partial charge < -0.3 is 10.1 Å². The molecule has 3 nitrogen and oxygen atoms in total. The summed E-state index contributed by atoms with van der Waals surface area (Å²) in [7, 11) is 1.43. The molecule has 3 heteroatoms. The van der Waals surface area contributed by atoms with Crippen LogP contribution in [-0.4, -0.2) is 13.1 Å². The van der Waals surface area contributed by atoms with Crippen LogP contribution < -0.4 is 5.32 Å². The summed E-state index contributed by atoms with van der Waals surface area (Å²) in [5, 5.41) is 3.78. The Balaban J connectivity index is 1.80. The molecule has 1 heterocycles. The first-order chi connectivity index (χ1) is 12.5. The second kappa shape index (κ2) is 6.31.